The smallest absolute Gasteiger partial charge is 0.407 e. The molecule has 228 valence electrons. The first-order valence-electron chi connectivity index (χ1n) is 14.1. The molecule has 1 aromatic heterocycles. The van der Waals surface area contributed by atoms with Crippen molar-refractivity contribution in [2.75, 3.05) is 20.4 Å². The van der Waals surface area contributed by atoms with Gasteiger partial charge >= 0.3 is 6.09 Å². The second-order valence-corrected chi connectivity index (χ2v) is 11.7. The van der Waals surface area contributed by atoms with E-state index in [1.165, 1.54) is 12.0 Å². The summed E-state index contributed by atoms with van der Waals surface area (Å²) in [6.45, 7) is 11.5. The first-order valence-corrected chi connectivity index (χ1v) is 14.1. The fourth-order valence-electron chi connectivity index (χ4n) is 5.08. The molecule has 0 saturated carbocycles. The molecule has 3 heterocycles. The molecule has 2 N–H and O–H groups in total. The lowest BCUT2D eigenvalue weighted by molar-refractivity contribution is -0.141. The number of ketones is 1. The number of fused-ring (bicyclic) bond motifs is 1. The predicted molar refractivity (Wildman–Crippen MR) is 149 cm³/mol. The highest BCUT2D eigenvalue weighted by Crippen LogP contribution is 2.38. The molecule has 13 heteroatoms. The van der Waals surface area contributed by atoms with E-state index in [0.717, 1.165) is 5.56 Å². The molecule has 3 atom stereocenters. The molecule has 0 aliphatic carbocycles. The zero-order valence-electron chi connectivity index (χ0n) is 25.1. The molecular weight excluding hydrogens is 546 g/mol. The molecule has 1 saturated heterocycles. The first kappa shape index (κ1) is 30.8. The third-order valence-electron chi connectivity index (χ3n) is 7.74. The van der Waals surface area contributed by atoms with Crippen molar-refractivity contribution >= 4 is 23.7 Å². The van der Waals surface area contributed by atoms with Gasteiger partial charge in [-0.15, -0.1) is 10.2 Å². The van der Waals surface area contributed by atoms with E-state index in [4.69, 9.17) is 13.9 Å². The van der Waals surface area contributed by atoms with Gasteiger partial charge in [-0.2, -0.15) is 0 Å². The van der Waals surface area contributed by atoms with Crippen LogP contribution in [0, 0.1) is 11.8 Å². The normalized spacial score (nSPS) is 17.7. The molecule has 2 aliphatic heterocycles. The van der Waals surface area contributed by atoms with Crippen molar-refractivity contribution in [3.63, 3.8) is 0 Å². The van der Waals surface area contributed by atoms with Crippen LogP contribution in [0.25, 0.3) is 0 Å². The Bertz CT molecular complexity index is 1340. The van der Waals surface area contributed by atoms with E-state index in [0.29, 0.717) is 30.9 Å². The molecule has 13 nitrogen and oxygen atoms in total. The molecule has 3 amide bonds. The van der Waals surface area contributed by atoms with Gasteiger partial charge in [0, 0.05) is 6.54 Å². The number of aromatic nitrogens is 2. The molecular formula is C29H39N5O8. The largest absolute Gasteiger partial charge is 0.454 e. The minimum absolute atomic E-state index is 0.149. The van der Waals surface area contributed by atoms with Crippen LogP contribution in [0.5, 0.6) is 11.5 Å². The molecule has 1 fully saturated rings. The van der Waals surface area contributed by atoms with Gasteiger partial charge in [-0.25, -0.2) is 4.79 Å². The number of nitrogens with one attached hydrogen (secondary N) is 2. The zero-order valence-corrected chi connectivity index (χ0v) is 25.1. The van der Waals surface area contributed by atoms with Crippen LogP contribution in [-0.2, 0) is 19.7 Å². The van der Waals surface area contributed by atoms with Crippen LogP contribution >= 0.6 is 0 Å². The monoisotopic (exact) mass is 585 g/mol. The van der Waals surface area contributed by atoms with Crippen LogP contribution in [0.15, 0.2) is 22.6 Å². The minimum Gasteiger partial charge on any atom is -0.454 e. The van der Waals surface area contributed by atoms with Gasteiger partial charge in [0.15, 0.2) is 11.5 Å². The van der Waals surface area contributed by atoms with Crippen molar-refractivity contribution in [2.24, 2.45) is 11.8 Å². The Balaban J connectivity index is 1.49. The molecule has 1 aromatic carbocycles. The number of alkyl carbamates (subject to hydrolysis) is 1. The van der Waals surface area contributed by atoms with E-state index in [1.807, 2.05) is 26.0 Å². The fourth-order valence-corrected chi connectivity index (χ4v) is 5.08. The molecule has 42 heavy (non-hydrogen) atoms. The molecule has 0 bridgehead atoms. The molecule has 2 unspecified atom stereocenters. The van der Waals surface area contributed by atoms with Crippen molar-refractivity contribution in [2.45, 2.75) is 77.9 Å². The highest BCUT2D eigenvalue weighted by atomic mass is 16.7. The van der Waals surface area contributed by atoms with E-state index in [9.17, 15) is 19.2 Å². The third-order valence-corrected chi connectivity index (χ3v) is 7.74. The van der Waals surface area contributed by atoms with Gasteiger partial charge in [-0.05, 0) is 56.2 Å². The average Bonchev–Trinajstić information content (AvgIpc) is 3.73. The van der Waals surface area contributed by atoms with Crippen molar-refractivity contribution in [1.82, 2.24) is 25.7 Å². The van der Waals surface area contributed by atoms with E-state index in [2.05, 4.69) is 25.6 Å². The molecule has 2 aliphatic rings. The van der Waals surface area contributed by atoms with Crippen LogP contribution in [0.2, 0.25) is 0 Å². The van der Waals surface area contributed by atoms with Crippen molar-refractivity contribution in [3.05, 3.63) is 35.5 Å². The third kappa shape index (κ3) is 6.19. The average molecular weight is 586 g/mol. The van der Waals surface area contributed by atoms with Crippen LogP contribution in [-0.4, -0.2) is 77.4 Å². The lowest BCUT2D eigenvalue weighted by Crippen LogP contribution is -2.57. The Hall–Kier alpha value is -4.16. The van der Waals surface area contributed by atoms with Crippen LogP contribution in [0.3, 0.4) is 0 Å². The quantitative estimate of drug-likeness (QED) is 0.397. The Morgan fingerprint density at radius 3 is 2.36 bits per heavy atom. The Labute approximate surface area is 244 Å². The van der Waals surface area contributed by atoms with Crippen LogP contribution in [0.1, 0.15) is 76.5 Å². The van der Waals surface area contributed by atoms with E-state index >= 15 is 0 Å². The number of rotatable bonds is 10. The lowest BCUT2D eigenvalue weighted by Gasteiger charge is -2.31. The van der Waals surface area contributed by atoms with Crippen molar-refractivity contribution < 1.29 is 37.8 Å². The number of ether oxygens (including phenoxy) is 3. The minimum atomic E-state index is -0.967. The zero-order chi connectivity index (χ0) is 30.8. The number of hydrogen-bond acceptors (Lipinski definition) is 10. The number of methoxy groups -OCH3 is 1. The van der Waals surface area contributed by atoms with Gasteiger partial charge in [0.2, 0.25) is 30.3 Å². The second-order valence-electron chi connectivity index (χ2n) is 11.7. The maximum Gasteiger partial charge on any atom is 0.407 e. The SMILES string of the molecule is COC(=O)NC(C(=O)N1CCCC1C(=O)N[C@H](C(=O)c1nnc(C(C)(C)c2ccc3c(c2)OCO3)o1)C(C)C)C(C)C. The summed E-state index contributed by atoms with van der Waals surface area (Å²) >= 11 is 0. The summed E-state index contributed by atoms with van der Waals surface area (Å²) in [7, 11) is 1.22. The van der Waals surface area contributed by atoms with E-state index < -0.39 is 41.3 Å². The summed E-state index contributed by atoms with van der Waals surface area (Å²) in [5.41, 5.74) is 0.0782. The van der Waals surface area contributed by atoms with Gasteiger partial charge in [-0.1, -0.05) is 33.8 Å². The molecule has 0 spiro atoms. The Morgan fingerprint density at radius 2 is 1.69 bits per heavy atom. The molecule has 2 aromatic rings. The number of Topliss-reactive ketones (excluding diaryl/α,β-unsaturated/α-hetero) is 1. The number of nitrogens with zero attached hydrogens (tertiary/aromatic N) is 3. The van der Waals surface area contributed by atoms with Gasteiger partial charge in [0.25, 0.3) is 5.89 Å². The highest BCUT2D eigenvalue weighted by molar-refractivity contribution is 6.00. The van der Waals surface area contributed by atoms with Gasteiger partial charge in [0.1, 0.15) is 12.1 Å². The maximum atomic E-state index is 13.5. The summed E-state index contributed by atoms with van der Waals surface area (Å²) in [5, 5.41) is 13.6. The fraction of sp³-hybridized carbons (Fsp3) is 0.586. The number of benzene rings is 1. The van der Waals surface area contributed by atoms with Gasteiger partial charge < -0.3 is 34.2 Å². The Kier molecular flexibility index (Phi) is 9.07. The summed E-state index contributed by atoms with van der Waals surface area (Å²) in [4.78, 5) is 53.7. The highest BCUT2D eigenvalue weighted by Gasteiger charge is 2.41. The predicted octanol–water partition coefficient (Wildman–Crippen LogP) is 2.82. The lowest BCUT2D eigenvalue weighted by atomic mass is 9.84. The van der Waals surface area contributed by atoms with Gasteiger partial charge in [0.05, 0.1) is 18.6 Å². The number of amides is 3. The van der Waals surface area contributed by atoms with Gasteiger partial charge in [-0.3, -0.25) is 14.4 Å². The van der Waals surface area contributed by atoms with Crippen molar-refractivity contribution in [3.8, 4) is 11.5 Å². The number of carbonyl (C=O) groups is 4. The van der Waals surface area contributed by atoms with Crippen LogP contribution < -0.4 is 20.1 Å². The second kappa shape index (κ2) is 12.4. The van der Waals surface area contributed by atoms with E-state index in [-0.39, 0.29) is 36.3 Å². The first-order chi connectivity index (χ1) is 19.8. The van der Waals surface area contributed by atoms with Crippen LogP contribution in [0.4, 0.5) is 4.79 Å². The number of carbonyl (C=O) groups excluding carboxylic acids is 4. The molecule has 0 radical (unpaired) electrons. The van der Waals surface area contributed by atoms with E-state index in [1.54, 1.807) is 33.8 Å². The Morgan fingerprint density at radius 1 is 1.00 bits per heavy atom. The topological polar surface area (TPSA) is 162 Å². The maximum absolute atomic E-state index is 13.5. The standard InChI is InChI=1S/C29H39N5O8/c1-15(2)21(30-24(36)18-9-8-12-34(18)26(37)22(16(3)4)31-28(38)39-7)23(35)25-32-33-27(42-25)29(5,6)17-10-11-19-20(13-17)41-14-40-19/h10-11,13,15-16,18,21-22H,8-9,12,14H2,1-7H3,(H,30,36)(H,31,38)/t18?,21-,22?/m0/s1. The summed E-state index contributed by atoms with van der Waals surface area (Å²) in [6.07, 6.45) is 0.303. The molecule has 4 rings (SSSR count). The number of likely N-dealkylation sites (tertiary alicyclic amines) is 1. The summed E-state index contributed by atoms with van der Waals surface area (Å²) < 4.78 is 21.4. The summed E-state index contributed by atoms with van der Waals surface area (Å²) in [6, 6.07) is 2.89. The summed E-state index contributed by atoms with van der Waals surface area (Å²) in [5.74, 6) is -0.660. The number of hydrogen-bond donors (Lipinski definition) is 2. The van der Waals surface area contributed by atoms with Crippen molar-refractivity contribution in [1.29, 1.82) is 0 Å².